The molecule has 0 heterocycles. The van der Waals surface area contributed by atoms with Crippen LogP contribution in [0.1, 0.15) is 0 Å². The Labute approximate surface area is 137 Å². The van der Waals surface area contributed by atoms with Crippen molar-refractivity contribution < 1.29 is 68.8 Å². The normalized spacial score (nSPS) is 9.13. The summed E-state index contributed by atoms with van der Waals surface area (Å²) in [7, 11) is 0. The molecule has 0 amide bonds. The van der Waals surface area contributed by atoms with Gasteiger partial charge in [0.25, 0.3) is 0 Å². The summed E-state index contributed by atoms with van der Waals surface area (Å²) in [4.78, 5) is 0.672. The second-order valence-corrected chi connectivity index (χ2v) is 3.39. The van der Waals surface area contributed by atoms with Crippen molar-refractivity contribution >= 4 is 22.8 Å². The van der Waals surface area contributed by atoms with E-state index in [2.05, 4.69) is 0 Å². The average molecular weight is 236 g/mol. The van der Waals surface area contributed by atoms with Crippen LogP contribution in [0.5, 0.6) is 5.75 Å². The van der Waals surface area contributed by atoms with Gasteiger partial charge in [0.05, 0.1) is 0 Å². The first-order chi connectivity index (χ1) is 6.29. The van der Waals surface area contributed by atoms with E-state index in [1.807, 2.05) is 0 Å². The molecule has 0 saturated heterocycles. The molecule has 0 bridgehead atoms. The van der Waals surface area contributed by atoms with Gasteiger partial charge in [-0.05, 0) is 27.8 Å². The van der Waals surface area contributed by atoms with Gasteiger partial charge in [0.2, 0.25) is 0 Å². The molecule has 5 heteroatoms. The summed E-state index contributed by atoms with van der Waals surface area (Å²) in [6.45, 7) is 0. The summed E-state index contributed by atoms with van der Waals surface area (Å²) in [5.74, 6) is -0.00461. The molecule has 0 aliphatic carbocycles. The Balaban J connectivity index is 0.000000980. The van der Waals surface area contributed by atoms with E-state index in [0.717, 1.165) is 10.8 Å². The Hall–Kier alpha value is 0.810. The number of hydrogen-bond donors (Lipinski definition) is 0. The first kappa shape index (κ1) is 15.8. The summed E-state index contributed by atoms with van der Waals surface area (Å²) < 4.78 is 10.5. The van der Waals surface area contributed by atoms with Crippen LogP contribution < -0.4 is 64.2 Å². The Bertz CT molecular complexity index is 448. The molecular weight excluding hydrogens is 230 g/mol. The minimum absolute atomic E-state index is 0. The monoisotopic (exact) mass is 236 g/mol. The average Bonchev–Trinajstić information content (AvgIpc) is 2.17. The fraction of sp³-hybridized carbons (Fsp3) is 0. The van der Waals surface area contributed by atoms with Crippen LogP contribution in [-0.2, 0) is 0 Å². The van der Waals surface area contributed by atoms with E-state index >= 15 is 0 Å². The van der Waals surface area contributed by atoms with Gasteiger partial charge >= 0.3 is 59.1 Å². The predicted molar refractivity (Wildman–Crippen MR) is 50.0 cm³/mol. The van der Waals surface area contributed by atoms with Crippen LogP contribution in [0.15, 0.2) is 41.3 Å². The number of fused-ring (bicyclic) bond motifs is 1. The summed E-state index contributed by atoms with van der Waals surface area (Å²) in [6.07, 6.45) is 0. The van der Waals surface area contributed by atoms with Crippen LogP contribution in [0.25, 0.3) is 10.8 Å². The van der Waals surface area contributed by atoms with Crippen molar-refractivity contribution in [1.29, 1.82) is 0 Å². The second-order valence-electron chi connectivity index (χ2n) is 2.75. The number of benzene rings is 2. The van der Waals surface area contributed by atoms with Gasteiger partial charge in [0.15, 0.2) is 0 Å². The third kappa shape index (κ3) is 3.95. The Morgan fingerprint density at radius 1 is 0.867 bits per heavy atom. The predicted octanol–water partition coefficient (Wildman–Crippen LogP) is -3.86. The molecule has 0 N–H and O–H groups in total. The quantitative estimate of drug-likeness (QED) is 0.376. The minimum Gasteiger partial charge on any atom is -0.872 e. The van der Waals surface area contributed by atoms with E-state index in [1.54, 1.807) is 30.3 Å². The molecule has 0 spiro atoms. The van der Waals surface area contributed by atoms with E-state index in [-0.39, 0.29) is 64.9 Å². The molecule has 0 saturated carbocycles. The standard InChI is InChI=1S/C10H8O2S.2Na/c11-9-3-1-8-6-10(13-12)4-2-7(8)5-9;;/h1-6,11-12H;;/q;2*+1/p-2. The molecule has 0 radical (unpaired) electrons. The molecule has 66 valence electrons. The zero-order valence-electron chi connectivity index (χ0n) is 8.69. The number of hydrogen-bond acceptors (Lipinski definition) is 3. The second kappa shape index (κ2) is 7.20. The van der Waals surface area contributed by atoms with Gasteiger partial charge in [-0.1, -0.05) is 24.3 Å². The topological polar surface area (TPSA) is 46.1 Å². The largest absolute Gasteiger partial charge is 1.00 e. The van der Waals surface area contributed by atoms with Gasteiger partial charge in [-0.3, -0.25) is 0 Å². The van der Waals surface area contributed by atoms with Crippen LogP contribution >= 0.6 is 12.0 Å². The third-order valence-corrected chi connectivity index (χ3v) is 2.33. The maximum atomic E-state index is 11.0. The van der Waals surface area contributed by atoms with Crippen molar-refractivity contribution in [3.8, 4) is 5.75 Å². The maximum absolute atomic E-state index is 11.0. The van der Waals surface area contributed by atoms with E-state index < -0.39 is 0 Å². The van der Waals surface area contributed by atoms with Gasteiger partial charge in [0.1, 0.15) is 0 Å². The van der Waals surface area contributed by atoms with Crippen LogP contribution in [0.3, 0.4) is 0 Å². The van der Waals surface area contributed by atoms with Crippen molar-refractivity contribution in [3.63, 3.8) is 0 Å². The summed E-state index contributed by atoms with van der Waals surface area (Å²) in [5, 5.41) is 12.8. The van der Waals surface area contributed by atoms with Crippen molar-refractivity contribution in [3.05, 3.63) is 36.4 Å². The Kier molecular flexibility index (Phi) is 7.59. The minimum atomic E-state index is -0.00461. The van der Waals surface area contributed by atoms with Gasteiger partial charge in [-0.25, -0.2) is 12.0 Å². The zero-order chi connectivity index (χ0) is 9.26. The molecule has 0 fully saturated rings. The smallest absolute Gasteiger partial charge is 0.872 e. The summed E-state index contributed by atoms with van der Waals surface area (Å²) in [6, 6.07) is 10.1. The molecule has 0 aliphatic rings. The van der Waals surface area contributed by atoms with Gasteiger partial charge < -0.3 is 9.66 Å². The summed E-state index contributed by atoms with van der Waals surface area (Å²) >= 11 is 0.460. The zero-order valence-corrected chi connectivity index (χ0v) is 13.5. The summed E-state index contributed by atoms with van der Waals surface area (Å²) in [5.41, 5.74) is 0. The molecule has 15 heavy (non-hydrogen) atoms. The van der Waals surface area contributed by atoms with Gasteiger partial charge in [-0.2, -0.15) is 0 Å². The fourth-order valence-electron chi connectivity index (χ4n) is 1.25. The van der Waals surface area contributed by atoms with Crippen LogP contribution in [0.2, 0.25) is 0 Å². The van der Waals surface area contributed by atoms with Crippen LogP contribution in [-0.4, -0.2) is 4.55 Å². The Morgan fingerprint density at radius 3 is 2.13 bits per heavy atom. The number of rotatable bonds is 1. The van der Waals surface area contributed by atoms with Crippen molar-refractivity contribution in [1.82, 2.24) is 0 Å². The van der Waals surface area contributed by atoms with E-state index in [0.29, 0.717) is 16.9 Å². The molecule has 0 unspecified atom stereocenters. The van der Waals surface area contributed by atoms with Crippen LogP contribution in [0.4, 0.5) is 0 Å². The van der Waals surface area contributed by atoms with Crippen molar-refractivity contribution in [2.45, 2.75) is 4.90 Å². The molecular formula is C10H6Na2O2S. The first-order valence-electron chi connectivity index (χ1n) is 3.80. The van der Waals surface area contributed by atoms with E-state index in [4.69, 9.17) is 0 Å². The SMILES string of the molecule is [Na+].[Na+].[O-]Sc1ccc2cc([O-])ccc2c1. The maximum Gasteiger partial charge on any atom is 1.00 e. The van der Waals surface area contributed by atoms with Crippen molar-refractivity contribution in [2.24, 2.45) is 0 Å². The van der Waals surface area contributed by atoms with Gasteiger partial charge in [0, 0.05) is 0 Å². The van der Waals surface area contributed by atoms with E-state index in [9.17, 15) is 9.66 Å². The fourth-order valence-corrected chi connectivity index (χ4v) is 1.55. The third-order valence-electron chi connectivity index (χ3n) is 1.88. The first-order valence-corrected chi connectivity index (χ1v) is 4.54. The van der Waals surface area contributed by atoms with Crippen molar-refractivity contribution in [2.75, 3.05) is 0 Å². The molecule has 0 aliphatic heterocycles. The van der Waals surface area contributed by atoms with E-state index in [1.165, 1.54) is 6.07 Å². The molecule has 0 atom stereocenters. The van der Waals surface area contributed by atoms with Crippen LogP contribution in [0, 0.1) is 0 Å². The molecule has 2 aromatic carbocycles. The Morgan fingerprint density at radius 2 is 1.47 bits per heavy atom. The molecule has 2 nitrogen and oxygen atoms in total. The molecule has 2 aromatic rings. The molecule has 0 aromatic heterocycles. The van der Waals surface area contributed by atoms with Gasteiger partial charge in [-0.15, -0.1) is 5.75 Å². The molecule has 2 rings (SSSR count).